The molecule has 5 rings (SSSR count). The Balaban J connectivity index is 0.000000384. The minimum Gasteiger partial charge on any atom is -0.475 e. The third-order valence-corrected chi connectivity index (χ3v) is 5.73. The highest BCUT2D eigenvalue weighted by Crippen LogP contribution is 2.27. The molecule has 1 atom stereocenters. The number of carbonyl (C=O) groups is 1. The van der Waals surface area contributed by atoms with Crippen LogP contribution in [0.15, 0.2) is 67.0 Å². The highest BCUT2D eigenvalue weighted by Gasteiger charge is 2.38. The van der Waals surface area contributed by atoms with Crippen molar-refractivity contribution in [2.24, 2.45) is 0 Å². The maximum Gasteiger partial charge on any atom is 0.490 e. The molecule has 11 heteroatoms. The Bertz CT molecular complexity index is 1330. The Kier molecular flexibility index (Phi) is 7.58. The molecular formula is C25H23F4N5O2. The van der Waals surface area contributed by atoms with E-state index in [0.29, 0.717) is 5.92 Å². The predicted molar refractivity (Wildman–Crippen MR) is 124 cm³/mol. The van der Waals surface area contributed by atoms with E-state index in [0.717, 1.165) is 60.8 Å². The fourth-order valence-electron chi connectivity index (χ4n) is 4.04. The summed E-state index contributed by atoms with van der Waals surface area (Å²) >= 11 is 0. The van der Waals surface area contributed by atoms with Gasteiger partial charge in [0.1, 0.15) is 5.82 Å². The molecular weight excluding hydrogens is 478 g/mol. The van der Waals surface area contributed by atoms with Crippen LogP contribution in [0.1, 0.15) is 30.3 Å². The van der Waals surface area contributed by atoms with Crippen molar-refractivity contribution in [3.8, 4) is 11.1 Å². The Morgan fingerprint density at radius 2 is 1.89 bits per heavy atom. The van der Waals surface area contributed by atoms with Crippen LogP contribution in [0.4, 0.5) is 17.6 Å². The van der Waals surface area contributed by atoms with Crippen LogP contribution in [0.2, 0.25) is 0 Å². The van der Waals surface area contributed by atoms with Crippen molar-refractivity contribution >= 4 is 11.6 Å². The first-order valence-electron chi connectivity index (χ1n) is 11.2. The number of nitrogens with zero attached hydrogens (tertiary/aromatic N) is 5. The number of halogens is 4. The van der Waals surface area contributed by atoms with Crippen molar-refractivity contribution in [1.29, 1.82) is 0 Å². The van der Waals surface area contributed by atoms with Crippen LogP contribution in [-0.2, 0) is 11.3 Å². The molecule has 7 nitrogen and oxygen atoms in total. The van der Waals surface area contributed by atoms with Crippen LogP contribution in [-0.4, -0.2) is 54.8 Å². The number of likely N-dealkylation sites (tertiary alicyclic amines) is 1. The molecule has 0 aliphatic carbocycles. The lowest BCUT2D eigenvalue weighted by Crippen LogP contribution is -2.34. The predicted octanol–water partition coefficient (Wildman–Crippen LogP) is 4.94. The van der Waals surface area contributed by atoms with E-state index in [4.69, 9.17) is 20.0 Å². The normalized spacial score (nSPS) is 16.4. The average Bonchev–Trinajstić information content (AvgIpc) is 3.28. The summed E-state index contributed by atoms with van der Waals surface area (Å²) in [6.07, 6.45) is 0.902. The molecule has 0 amide bonds. The fourth-order valence-corrected chi connectivity index (χ4v) is 4.04. The summed E-state index contributed by atoms with van der Waals surface area (Å²) in [7, 11) is 0. The zero-order valence-electron chi connectivity index (χ0n) is 19.1. The molecule has 36 heavy (non-hydrogen) atoms. The molecule has 4 heterocycles. The maximum atomic E-state index is 13.6. The summed E-state index contributed by atoms with van der Waals surface area (Å²) in [5, 5.41) is 11.9. The summed E-state index contributed by atoms with van der Waals surface area (Å²) in [4.78, 5) is 20.5. The van der Waals surface area contributed by atoms with E-state index >= 15 is 0 Å². The van der Waals surface area contributed by atoms with E-state index in [-0.39, 0.29) is 5.82 Å². The van der Waals surface area contributed by atoms with Gasteiger partial charge in [0.05, 0.1) is 5.69 Å². The number of aromatic nitrogens is 4. The summed E-state index contributed by atoms with van der Waals surface area (Å²) < 4.78 is 47.1. The number of pyridine rings is 2. The second-order valence-corrected chi connectivity index (χ2v) is 8.40. The van der Waals surface area contributed by atoms with E-state index in [9.17, 15) is 17.6 Å². The largest absolute Gasteiger partial charge is 0.490 e. The van der Waals surface area contributed by atoms with Gasteiger partial charge in [0.25, 0.3) is 0 Å². The molecule has 1 aliphatic heterocycles. The molecule has 1 aliphatic rings. The van der Waals surface area contributed by atoms with Gasteiger partial charge in [0.15, 0.2) is 11.5 Å². The standard InChI is InChI=1S/C23H22FN5.C2HF3O2/c24-20-7-3-5-17(13-20)18-9-10-22-26-23(27-29(22)15-18)19-6-4-12-28(14-19)16-21-8-1-2-11-25-21;3-2(4,5)1(6)7/h1-3,5,7-11,13,15,19H,4,6,12,14,16H2;(H,6,7). The highest BCUT2D eigenvalue weighted by atomic mass is 19.4. The molecule has 3 aromatic heterocycles. The van der Waals surface area contributed by atoms with Gasteiger partial charge in [-0.05, 0) is 61.3 Å². The van der Waals surface area contributed by atoms with E-state index in [1.165, 1.54) is 12.1 Å². The van der Waals surface area contributed by atoms with Crippen molar-refractivity contribution in [2.45, 2.75) is 31.5 Å². The van der Waals surface area contributed by atoms with Crippen molar-refractivity contribution in [2.75, 3.05) is 13.1 Å². The number of piperidine rings is 1. The van der Waals surface area contributed by atoms with E-state index in [1.807, 2.05) is 47.2 Å². The molecule has 0 bridgehead atoms. The molecule has 1 unspecified atom stereocenters. The lowest BCUT2D eigenvalue weighted by Gasteiger charge is -2.31. The second-order valence-electron chi connectivity index (χ2n) is 8.40. The number of rotatable bonds is 4. The molecule has 188 valence electrons. The van der Waals surface area contributed by atoms with E-state index in [2.05, 4.69) is 16.0 Å². The summed E-state index contributed by atoms with van der Waals surface area (Å²) in [5.74, 6) is -1.80. The minimum absolute atomic E-state index is 0.239. The zero-order valence-corrected chi connectivity index (χ0v) is 19.1. The molecule has 1 aromatic carbocycles. The summed E-state index contributed by atoms with van der Waals surface area (Å²) in [6.45, 7) is 2.86. The fraction of sp³-hybridized carbons (Fsp3) is 0.280. The Hall–Kier alpha value is -3.86. The van der Waals surface area contributed by atoms with Gasteiger partial charge in [-0.15, -0.1) is 0 Å². The monoisotopic (exact) mass is 501 g/mol. The molecule has 1 saturated heterocycles. The third kappa shape index (κ3) is 6.42. The quantitative estimate of drug-likeness (QED) is 0.399. The Labute approximate surface area is 204 Å². The average molecular weight is 501 g/mol. The van der Waals surface area contributed by atoms with Crippen molar-refractivity contribution in [3.63, 3.8) is 0 Å². The minimum atomic E-state index is -5.08. The lowest BCUT2D eigenvalue weighted by molar-refractivity contribution is -0.192. The van der Waals surface area contributed by atoms with Crippen LogP contribution in [0, 0.1) is 5.82 Å². The summed E-state index contributed by atoms with van der Waals surface area (Å²) in [6, 6.07) is 16.6. The smallest absolute Gasteiger partial charge is 0.475 e. The highest BCUT2D eigenvalue weighted by molar-refractivity contribution is 5.73. The second kappa shape index (κ2) is 10.8. The zero-order chi connectivity index (χ0) is 25.7. The number of aliphatic carboxylic acids is 1. The third-order valence-electron chi connectivity index (χ3n) is 5.73. The van der Waals surface area contributed by atoms with Crippen LogP contribution >= 0.6 is 0 Å². The van der Waals surface area contributed by atoms with Crippen LogP contribution in [0.25, 0.3) is 16.8 Å². The SMILES string of the molecule is Fc1cccc(-c2ccc3nc(C4CCCN(Cc5ccccn5)C4)nn3c2)c1.O=C(O)C(F)(F)F. The summed E-state index contributed by atoms with van der Waals surface area (Å²) in [5.41, 5.74) is 3.68. The van der Waals surface area contributed by atoms with Crippen LogP contribution < -0.4 is 0 Å². The van der Waals surface area contributed by atoms with Gasteiger partial charge in [0.2, 0.25) is 0 Å². The first kappa shape index (κ1) is 25.2. The van der Waals surface area contributed by atoms with Gasteiger partial charge in [-0.2, -0.15) is 18.3 Å². The number of carboxylic acid groups (broad SMARTS) is 1. The van der Waals surface area contributed by atoms with E-state index < -0.39 is 12.1 Å². The molecule has 0 spiro atoms. The van der Waals surface area contributed by atoms with Gasteiger partial charge in [-0.3, -0.25) is 9.88 Å². The van der Waals surface area contributed by atoms with Crippen molar-refractivity contribution in [1.82, 2.24) is 24.5 Å². The molecule has 0 saturated carbocycles. The lowest BCUT2D eigenvalue weighted by atomic mass is 9.97. The number of benzene rings is 1. The van der Waals surface area contributed by atoms with Crippen LogP contribution in [0.5, 0.6) is 0 Å². The molecule has 1 N–H and O–H groups in total. The first-order valence-corrected chi connectivity index (χ1v) is 11.2. The number of alkyl halides is 3. The Morgan fingerprint density at radius 1 is 1.08 bits per heavy atom. The van der Waals surface area contributed by atoms with Gasteiger partial charge in [-0.25, -0.2) is 18.7 Å². The number of carboxylic acids is 1. The maximum absolute atomic E-state index is 13.6. The van der Waals surface area contributed by atoms with E-state index in [1.54, 1.807) is 6.07 Å². The van der Waals surface area contributed by atoms with Crippen molar-refractivity contribution in [3.05, 3.63) is 84.3 Å². The molecule has 1 fully saturated rings. The van der Waals surface area contributed by atoms with Gasteiger partial charge < -0.3 is 5.11 Å². The van der Waals surface area contributed by atoms with Gasteiger partial charge in [-0.1, -0.05) is 18.2 Å². The van der Waals surface area contributed by atoms with Crippen molar-refractivity contribution < 1.29 is 27.5 Å². The van der Waals surface area contributed by atoms with Gasteiger partial charge in [0, 0.05) is 37.0 Å². The number of fused-ring (bicyclic) bond motifs is 1. The molecule has 0 radical (unpaired) electrons. The van der Waals surface area contributed by atoms with Gasteiger partial charge >= 0.3 is 12.1 Å². The topological polar surface area (TPSA) is 83.6 Å². The number of hydrogen-bond donors (Lipinski definition) is 1. The number of hydrogen-bond acceptors (Lipinski definition) is 5. The molecule has 4 aromatic rings. The first-order chi connectivity index (χ1) is 17.2. The van der Waals surface area contributed by atoms with Crippen LogP contribution in [0.3, 0.4) is 0 Å². The Morgan fingerprint density at radius 3 is 2.58 bits per heavy atom.